The Balaban J connectivity index is 1.61. The predicted molar refractivity (Wildman–Crippen MR) is 110 cm³/mol. The summed E-state index contributed by atoms with van der Waals surface area (Å²) in [5.41, 5.74) is 6.35. The number of hydroxylamine groups is 1. The van der Waals surface area contributed by atoms with E-state index in [-0.39, 0.29) is 19.1 Å². The van der Waals surface area contributed by atoms with Crippen molar-refractivity contribution in [2.24, 2.45) is 0 Å². The Morgan fingerprint density at radius 3 is 2.16 bits per heavy atom. The summed E-state index contributed by atoms with van der Waals surface area (Å²) in [5.74, 6) is -2.12. The molecule has 2 aromatic rings. The average Bonchev–Trinajstić information content (AvgIpc) is 3.09. The number of benzene rings is 2. The van der Waals surface area contributed by atoms with Crippen LogP contribution in [0.25, 0.3) is 11.1 Å². The highest BCUT2D eigenvalue weighted by molar-refractivity contribution is 5.85. The zero-order valence-electron chi connectivity index (χ0n) is 17.2. The van der Waals surface area contributed by atoms with Crippen molar-refractivity contribution in [3.63, 3.8) is 0 Å². The normalized spacial score (nSPS) is 14.1. The Morgan fingerprint density at radius 1 is 1.03 bits per heavy atom. The van der Waals surface area contributed by atoms with Gasteiger partial charge in [0, 0.05) is 13.0 Å². The van der Waals surface area contributed by atoms with Crippen LogP contribution in [0.2, 0.25) is 0 Å². The van der Waals surface area contributed by atoms with Crippen molar-refractivity contribution in [1.29, 1.82) is 0 Å². The fraction of sp³-hybridized carbons (Fsp3) is 0.318. The molecule has 2 aromatic carbocycles. The number of carbonyl (C=O) groups is 3. The van der Waals surface area contributed by atoms with E-state index in [0.717, 1.165) is 22.3 Å². The second-order valence-corrected chi connectivity index (χ2v) is 7.04. The SMILES string of the molecule is COC[C@H](NC(=O)OCC1c2ccccc2-c2ccccc21)C(=O)NOC(C)C(=O)O. The maximum atomic E-state index is 12.4. The number of rotatable bonds is 9. The van der Waals surface area contributed by atoms with Gasteiger partial charge < -0.3 is 19.9 Å². The van der Waals surface area contributed by atoms with Crippen LogP contribution in [0.3, 0.4) is 0 Å². The Hall–Kier alpha value is -3.43. The number of carboxylic acids is 1. The quantitative estimate of drug-likeness (QED) is 0.523. The van der Waals surface area contributed by atoms with Crippen LogP contribution >= 0.6 is 0 Å². The van der Waals surface area contributed by atoms with E-state index < -0.39 is 30.1 Å². The molecule has 0 spiro atoms. The number of amides is 2. The fourth-order valence-electron chi connectivity index (χ4n) is 3.40. The van der Waals surface area contributed by atoms with E-state index in [1.54, 1.807) is 0 Å². The molecule has 31 heavy (non-hydrogen) atoms. The molecule has 0 saturated heterocycles. The van der Waals surface area contributed by atoms with Gasteiger partial charge in [-0.2, -0.15) is 0 Å². The number of carboxylic acid groups (broad SMARTS) is 1. The van der Waals surface area contributed by atoms with Crippen LogP contribution in [0.5, 0.6) is 0 Å². The van der Waals surface area contributed by atoms with Crippen LogP contribution in [0, 0.1) is 0 Å². The Kier molecular flexibility index (Phi) is 7.22. The van der Waals surface area contributed by atoms with E-state index in [1.807, 2.05) is 54.0 Å². The predicted octanol–water partition coefficient (Wildman–Crippen LogP) is 2.06. The number of hydrogen-bond donors (Lipinski definition) is 3. The van der Waals surface area contributed by atoms with Gasteiger partial charge in [-0.1, -0.05) is 48.5 Å². The molecule has 1 aliphatic carbocycles. The number of ether oxygens (including phenoxy) is 2. The van der Waals surface area contributed by atoms with Crippen molar-refractivity contribution in [2.75, 3.05) is 20.3 Å². The zero-order valence-corrected chi connectivity index (χ0v) is 17.2. The van der Waals surface area contributed by atoms with Crippen LogP contribution in [0.4, 0.5) is 4.79 Å². The largest absolute Gasteiger partial charge is 0.479 e. The van der Waals surface area contributed by atoms with Crippen molar-refractivity contribution in [3.8, 4) is 11.1 Å². The van der Waals surface area contributed by atoms with Crippen LogP contribution in [-0.4, -0.2) is 55.5 Å². The highest BCUT2D eigenvalue weighted by atomic mass is 16.7. The molecule has 3 rings (SSSR count). The average molecular weight is 428 g/mol. The molecule has 0 aromatic heterocycles. The summed E-state index contributed by atoms with van der Waals surface area (Å²) < 4.78 is 10.4. The van der Waals surface area contributed by atoms with Gasteiger partial charge >= 0.3 is 12.1 Å². The molecular formula is C22H24N2O7. The topological polar surface area (TPSA) is 123 Å². The second-order valence-electron chi connectivity index (χ2n) is 7.04. The number of aliphatic carboxylic acids is 1. The van der Waals surface area contributed by atoms with Crippen LogP contribution in [0.1, 0.15) is 24.0 Å². The minimum absolute atomic E-state index is 0.0910. The van der Waals surface area contributed by atoms with Crippen LogP contribution in [0.15, 0.2) is 48.5 Å². The molecule has 2 atom stereocenters. The monoisotopic (exact) mass is 428 g/mol. The maximum absolute atomic E-state index is 12.4. The minimum atomic E-state index is -1.25. The van der Waals surface area contributed by atoms with E-state index in [2.05, 4.69) is 5.32 Å². The Labute approximate surface area is 179 Å². The molecule has 0 fully saturated rings. The summed E-state index contributed by atoms with van der Waals surface area (Å²) in [4.78, 5) is 40.1. The van der Waals surface area contributed by atoms with E-state index >= 15 is 0 Å². The first-order valence-electron chi connectivity index (χ1n) is 9.71. The van der Waals surface area contributed by atoms with E-state index in [1.165, 1.54) is 14.0 Å². The number of methoxy groups -OCH3 is 1. The molecule has 9 heteroatoms. The molecule has 9 nitrogen and oxygen atoms in total. The molecule has 0 saturated carbocycles. The molecular weight excluding hydrogens is 404 g/mol. The summed E-state index contributed by atoms with van der Waals surface area (Å²) in [6, 6.07) is 14.8. The van der Waals surface area contributed by atoms with Crippen molar-refractivity contribution in [3.05, 3.63) is 59.7 Å². The van der Waals surface area contributed by atoms with Crippen LogP contribution < -0.4 is 10.8 Å². The molecule has 1 aliphatic rings. The third-order valence-electron chi connectivity index (χ3n) is 4.97. The maximum Gasteiger partial charge on any atom is 0.407 e. The molecule has 0 bridgehead atoms. The first-order chi connectivity index (χ1) is 14.9. The lowest BCUT2D eigenvalue weighted by Crippen LogP contribution is -2.50. The van der Waals surface area contributed by atoms with Gasteiger partial charge in [-0.25, -0.2) is 15.1 Å². The number of fused-ring (bicyclic) bond motifs is 3. The molecule has 0 heterocycles. The first kappa shape index (κ1) is 22.3. The second kappa shape index (κ2) is 10.1. The van der Waals surface area contributed by atoms with E-state index in [4.69, 9.17) is 19.4 Å². The van der Waals surface area contributed by atoms with Gasteiger partial charge in [0.15, 0.2) is 6.10 Å². The van der Waals surface area contributed by atoms with Crippen LogP contribution in [-0.2, 0) is 23.9 Å². The fourth-order valence-corrected chi connectivity index (χ4v) is 3.40. The molecule has 164 valence electrons. The minimum Gasteiger partial charge on any atom is -0.479 e. The lowest BCUT2D eigenvalue weighted by Gasteiger charge is -2.19. The number of alkyl carbamates (subject to hydrolysis) is 1. The summed E-state index contributed by atoms with van der Waals surface area (Å²) in [6.07, 6.45) is -2.05. The summed E-state index contributed by atoms with van der Waals surface area (Å²) >= 11 is 0. The van der Waals surface area contributed by atoms with Gasteiger partial charge in [-0.05, 0) is 29.2 Å². The number of nitrogens with one attached hydrogen (secondary N) is 2. The summed E-state index contributed by atoms with van der Waals surface area (Å²) in [5, 5.41) is 11.2. The third-order valence-corrected chi connectivity index (χ3v) is 4.97. The lowest BCUT2D eigenvalue weighted by molar-refractivity contribution is -0.159. The highest BCUT2D eigenvalue weighted by Crippen LogP contribution is 2.44. The molecule has 0 radical (unpaired) electrons. The van der Waals surface area contributed by atoms with Gasteiger partial charge in [0.05, 0.1) is 6.61 Å². The smallest absolute Gasteiger partial charge is 0.407 e. The van der Waals surface area contributed by atoms with Crippen molar-refractivity contribution >= 4 is 18.0 Å². The summed E-state index contributed by atoms with van der Waals surface area (Å²) in [6.45, 7) is 1.20. The molecule has 1 unspecified atom stereocenters. The molecule has 2 amide bonds. The van der Waals surface area contributed by atoms with Gasteiger partial charge in [-0.3, -0.25) is 9.63 Å². The lowest BCUT2D eigenvalue weighted by atomic mass is 9.98. The van der Waals surface area contributed by atoms with E-state index in [0.29, 0.717) is 0 Å². The number of hydrogen-bond acceptors (Lipinski definition) is 6. The van der Waals surface area contributed by atoms with Gasteiger partial charge in [0.25, 0.3) is 5.91 Å². The Bertz CT molecular complexity index is 917. The molecule has 3 N–H and O–H groups in total. The highest BCUT2D eigenvalue weighted by Gasteiger charge is 2.30. The number of carbonyl (C=O) groups excluding carboxylic acids is 2. The third kappa shape index (κ3) is 5.19. The summed E-state index contributed by atoms with van der Waals surface area (Å²) in [7, 11) is 1.36. The van der Waals surface area contributed by atoms with Gasteiger partial charge in [0.2, 0.25) is 0 Å². The van der Waals surface area contributed by atoms with Crippen molar-refractivity contribution in [2.45, 2.75) is 25.0 Å². The standard InChI is InChI=1S/C22H24N2O7/c1-13(21(26)27)31-24-20(25)19(12-29-2)23-22(28)30-11-18-16-9-5-3-7-14(16)15-8-4-6-10-17(15)18/h3-10,13,18-19H,11-12H2,1-2H3,(H,23,28)(H,24,25)(H,26,27)/t13?,19-/m0/s1. The van der Waals surface area contributed by atoms with Gasteiger partial charge in [0.1, 0.15) is 12.6 Å². The first-order valence-corrected chi connectivity index (χ1v) is 9.71. The van der Waals surface area contributed by atoms with Crippen molar-refractivity contribution in [1.82, 2.24) is 10.8 Å². The van der Waals surface area contributed by atoms with Gasteiger partial charge in [-0.15, -0.1) is 0 Å². The van der Waals surface area contributed by atoms with Crippen molar-refractivity contribution < 1.29 is 33.8 Å². The Morgan fingerprint density at radius 2 is 1.61 bits per heavy atom. The molecule has 0 aliphatic heterocycles. The zero-order chi connectivity index (χ0) is 22.4. The van der Waals surface area contributed by atoms with E-state index in [9.17, 15) is 14.4 Å².